The van der Waals surface area contributed by atoms with Gasteiger partial charge in [0.2, 0.25) is 0 Å². The van der Waals surface area contributed by atoms with Crippen LogP contribution in [0.15, 0.2) is 30.3 Å². The number of esters is 2. The zero-order valence-electron chi connectivity index (χ0n) is 8.88. The third-order valence-electron chi connectivity index (χ3n) is 2.83. The molecule has 0 bridgehead atoms. The van der Waals surface area contributed by atoms with Gasteiger partial charge in [0.1, 0.15) is 0 Å². The minimum absolute atomic E-state index is 0.0233. The number of cyclic esters (lactones) is 2. The molecule has 1 aliphatic heterocycles. The van der Waals surface area contributed by atoms with E-state index in [2.05, 4.69) is 4.74 Å². The molecule has 2 aromatic carbocycles. The molecule has 1 heterocycles. The highest BCUT2D eigenvalue weighted by atomic mass is 16.6. The maximum atomic E-state index is 11.6. The first-order chi connectivity index (χ1) is 8.59. The molecule has 0 atom stereocenters. The Hall–Kier alpha value is -2.76. The third-order valence-corrected chi connectivity index (χ3v) is 2.83. The summed E-state index contributed by atoms with van der Waals surface area (Å²) >= 11 is 0. The average molecular weight is 243 g/mol. The molecule has 0 unspecified atom stereocenters. The lowest BCUT2D eigenvalue weighted by atomic mass is 9.99. The van der Waals surface area contributed by atoms with Crippen molar-refractivity contribution in [3.05, 3.63) is 51.6 Å². The standard InChI is InChI=1S/C12H5NO5/c14-11-7-5-4-6-2-1-3-8(13(16)17)9(6)10(7)12(15)18-11/h1-5H. The predicted molar refractivity (Wildman–Crippen MR) is 60.3 cm³/mol. The van der Waals surface area contributed by atoms with Crippen molar-refractivity contribution in [1.82, 2.24) is 0 Å². The average Bonchev–Trinajstić information content (AvgIpc) is 2.64. The Labute approximate surface area is 99.9 Å². The van der Waals surface area contributed by atoms with Crippen molar-refractivity contribution in [2.75, 3.05) is 0 Å². The maximum absolute atomic E-state index is 11.6. The second-order valence-corrected chi connectivity index (χ2v) is 3.80. The molecule has 0 N–H and O–H groups in total. The third kappa shape index (κ3) is 1.22. The first-order valence-corrected chi connectivity index (χ1v) is 5.06. The van der Waals surface area contributed by atoms with Gasteiger partial charge < -0.3 is 4.74 Å². The summed E-state index contributed by atoms with van der Waals surface area (Å²) in [6.07, 6.45) is 0. The lowest BCUT2D eigenvalue weighted by Crippen LogP contribution is -1.99. The smallest absolute Gasteiger partial charge is 0.347 e. The Kier molecular flexibility index (Phi) is 1.94. The largest absolute Gasteiger partial charge is 0.386 e. The van der Waals surface area contributed by atoms with Gasteiger partial charge in [-0.05, 0) is 11.5 Å². The lowest BCUT2D eigenvalue weighted by molar-refractivity contribution is -0.383. The zero-order chi connectivity index (χ0) is 12.9. The molecular formula is C12H5NO5. The van der Waals surface area contributed by atoms with Crippen molar-refractivity contribution in [1.29, 1.82) is 0 Å². The van der Waals surface area contributed by atoms with Crippen LogP contribution in [0.2, 0.25) is 0 Å². The summed E-state index contributed by atoms with van der Waals surface area (Å²) in [5.74, 6) is -1.61. The van der Waals surface area contributed by atoms with Crippen LogP contribution in [0.3, 0.4) is 0 Å². The normalized spacial score (nSPS) is 13.6. The molecule has 2 aromatic rings. The Bertz CT molecular complexity index is 735. The highest BCUT2D eigenvalue weighted by Gasteiger charge is 2.34. The van der Waals surface area contributed by atoms with Crippen molar-refractivity contribution in [2.24, 2.45) is 0 Å². The number of nitro benzene ring substituents is 1. The number of nitro groups is 1. The second kappa shape index (κ2) is 3.36. The number of fused-ring (bicyclic) bond motifs is 3. The quantitative estimate of drug-likeness (QED) is 0.331. The van der Waals surface area contributed by atoms with E-state index in [0.29, 0.717) is 5.39 Å². The molecule has 0 radical (unpaired) electrons. The molecule has 1 aliphatic rings. The molecule has 88 valence electrons. The fraction of sp³-hybridized carbons (Fsp3) is 0. The molecule has 0 saturated heterocycles. The number of rotatable bonds is 1. The minimum atomic E-state index is -0.838. The summed E-state index contributed by atoms with van der Waals surface area (Å²) < 4.78 is 4.47. The number of hydrogen-bond donors (Lipinski definition) is 0. The lowest BCUT2D eigenvalue weighted by Gasteiger charge is -2.02. The summed E-state index contributed by atoms with van der Waals surface area (Å²) in [5.41, 5.74) is -0.164. The number of benzene rings is 2. The van der Waals surface area contributed by atoms with E-state index in [-0.39, 0.29) is 22.2 Å². The molecule has 6 heteroatoms. The molecule has 0 fully saturated rings. The summed E-state index contributed by atoms with van der Waals surface area (Å²) in [7, 11) is 0. The Morgan fingerprint density at radius 3 is 2.56 bits per heavy atom. The number of non-ortho nitro benzene ring substituents is 1. The van der Waals surface area contributed by atoms with Crippen molar-refractivity contribution in [3.8, 4) is 0 Å². The molecule has 0 aliphatic carbocycles. The summed E-state index contributed by atoms with van der Waals surface area (Å²) in [5, 5.41) is 11.6. The van der Waals surface area contributed by atoms with Crippen LogP contribution in [0, 0.1) is 10.1 Å². The molecule has 0 saturated carbocycles. The highest BCUT2D eigenvalue weighted by Crippen LogP contribution is 2.34. The van der Waals surface area contributed by atoms with Crippen LogP contribution < -0.4 is 0 Å². The molecule has 0 amide bonds. The van der Waals surface area contributed by atoms with Gasteiger partial charge in [0.25, 0.3) is 5.69 Å². The van der Waals surface area contributed by atoms with E-state index in [4.69, 9.17) is 0 Å². The Morgan fingerprint density at radius 1 is 1.06 bits per heavy atom. The van der Waals surface area contributed by atoms with Gasteiger partial charge in [0.15, 0.2) is 0 Å². The van der Waals surface area contributed by atoms with Gasteiger partial charge >= 0.3 is 11.9 Å². The molecule has 0 spiro atoms. The Balaban J connectivity index is 2.52. The van der Waals surface area contributed by atoms with E-state index in [1.165, 1.54) is 18.2 Å². The zero-order valence-corrected chi connectivity index (χ0v) is 8.88. The molecule has 18 heavy (non-hydrogen) atoms. The summed E-state index contributed by atoms with van der Waals surface area (Å²) in [6.45, 7) is 0. The molecule has 0 aromatic heterocycles. The van der Waals surface area contributed by atoms with Crippen LogP contribution in [-0.2, 0) is 4.74 Å². The van der Waals surface area contributed by atoms with Crippen molar-refractivity contribution in [3.63, 3.8) is 0 Å². The highest BCUT2D eigenvalue weighted by molar-refractivity contribution is 6.22. The number of carbonyl (C=O) groups is 2. The Morgan fingerprint density at radius 2 is 1.83 bits per heavy atom. The van der Waals surface area contributed by atoms with Gasteiger partial charge in [0.05, 0.1) is 21.4 Å². The van der Waals surface area contributed by atoms with Crippen molar-refractivity contribution < 1.29 is 19.2 Å². The van der Waals surface area contributed by atoms with Crippen LogP contribution in [0.4, 0.5) is 5.69 Å². The maximum Gasteiger partial charge on any atom is 0.347 e. The second-order valence-electron chi connectivity index (χ2n) is 3.80. The minimum Gasteiger partial charge on any atom is -0.386 e. The predicted octanol–water partition coefficient (Wildman–Crippen LogP) is 2.06. The van der Waals surface area contributed by atoms with E-state index in [1.807, 2.05) is 0 Å². The van der Waals surface area contributed by atoms with Gasteiger partial charge in [0, 0.05) is 6.07 Å². The monoisotopic (exact) mass is 243 g/mol. The molecular weight excluding hydrogens is 238 g/mol. The van der Waals surface area contributed by atoms with Crippen LogP contribution in [-0.4, -0.2) is 16.9 Å². The van der Waals surface area contributed by atoms with E-state index in [9.17, 15) is 19.7 Å². The van der Waals surface area contributed by atoms with Gasteiger partial charge in [-0.25, -0.2) is 9.59 Å². The number of nitrogens with zero attached hydrogens (tertiary/aromatic N) is 1. The van der Waals surface area contributed by atoms with Crippen LogP contribution in [0.5, 0.6) is 0 Å². The van der Waals surface area contributed by atoms with Crippen LogP contribution >= 0.6 is 0 Å². The SMILES string of the molecule is O=C1OC(=O)c2c1ccc1cccc([N+](=O)[O-])c21. The molecule has 6 nitrogen and oxygen atoms in total. The van der Waals surface area contributed by atoms with E-state index < -0.39 is 16.9 Å². The fourth-order valence-corrected chi connectivity index (χ4v) is 2.08. The number of carbonyl (C=O) groups excluding carboxylic acids is 2. The summed E-state index contributed by atoms with van der Waals surface area (Å²) in [6, 6.07) is 7.45. The van der Waals surface area contributed by atoms with Crippen LogP contribution in [0.1, 0.15) is 20.7 Å². The fourth-order valence-electron chi connectivity index (χ4n) is 2.08. The number of ether oxygens (including phenoxy) is 1. The van der Waals surface area contributed by atoms with Gasteiger partial charge in [-0.2, -0.15) is 0 Å². The van der Waals surface area contributed by atoms with Gasteiger partial charge in [-0.15, -0.1) is 0 Å². The molecule has 3 rings (SSSR count). The van der Waals surface area contributed by atoms with E-state index >= 15 is 0 Å². The number of hydrogen-bond acceptors (Lipinski definition) is 5. The van der Waals surface area contributed by atoms with Gasteiger partial charge in [-0.3, -0.25) is 10.1 Å². The van der Waals surface area contributed by atoms with Crippen LogP contribution in [0.25, 0.3) is 10.8 Å². The topological polar surface area (TPSA) is 86.5 Å². The van der Waals surface area contributed by atoms with Crippen molar-refractivity contribution >= 4 is 28.4 Å². The first kappa shape index (κ1) is 10.4. The summed E-state index contributed by atoms with van der Waals surface area (Å²) in [4.78, 5) is 33.4. The van der Waals surface area contributed by atoms with E-state index in [1.54, 1.807) is 12.1 Å². The van der Waals surface area contributed by atoms with Crippen molar-refractivity contribution in [2.45, 2.75) is 0 Å². The first-order valence-electron chi connectivity index (χ1n) is 5.06. The van der Waals surface area contributed by atoms with E-state index in [0.717, 1.165) is 0 Å². The van der Waals surface area contributed by atoms with Gasteiger partial charge in [-0.1, -0.05) is 18.2 Å².